The largest absolute Gasteiger partial charge is 0.490 e. The second kappa shape index (κ2) is 14.3. The summed E-state index contributed by atoms with van der Waals surface area (Å²) in [6.45, 7) is 6.96. The van der Waals surface area contributed by atoms with E-state index in [1.807, 2.05) is 80.6 Å². The lowest BCUT2D eigenvalue weighted by atomic mass is 9.94. The van der Waals surface area contributed by atoms with E-state index in [0.717, 1.165) is 28.4 Å². The van der Waals surface area contributed by atoms with Gasteiger partial charge in [-0.15, -0.1) is 5.10 Å². The molecule has 1 aliphatic heterocycles. The molecule has 2 heterocycles. The lowest BCUT2D eigenvalue weighted by molar-refractivity contribution is -0.113. The topological polar surface area (TPSA) is 90.3 Å². The summed E-state index contributed by atoms with van der Waals surface area (Å²) < 4.78 is 14.6. The van der Waals surface area contributed by atoms with Crippen molar-refractivity contribution in [3.05, 3.63) is 98.6 Å². The minimum atomic E-state index is -0.595. The van der Waals surface area contributed by atoms with Crippen molar-refractivity contribution in [2.24, 2.45) is 0 Å². The van der Waals surface area contributed by atoms with Gasteiger partial charge in [0.2, 0.25) is 11.1 Å². The Hall–Kier alpha value is -3.47. The number of fused-ring (bicyclic) bond motifs is 1. The number of hydrogen-bond donors (Lipinski definition) is 2. The van der Waals surface area contributed by atoms with Gasteiger partial charge in [0.05, 0.1) is 23.3 Å². The van der Waals surface area contributed by atoms with Gasteiger partial charge in [-0.05, 0) is 77.7 Å². The van der Waals surface area contributed by atoms with E-state index < -0.39 is 6.04 Å². The molecule has 2 N–H and O–H groups in total. The Balaban J connectivity index is 1.56. The molecule has 0 saturated carbocycles. The summed E-state index contributed by atoms with van der Waals surface area (Å²) in [5, 5.41) is 12.5. The smallest absolute Gasteiger partial charge is 0.255 e. The maximum Gasteiger partial charge on any atom is 0.255 e. The number of carbonyl (C=O) groups excluding carboxylic acids is 1. The number of nitrogens with one attached hydrogen (secondary N) is 2. The predicted molar refractivity (Wildman–Crippen MR) is 176 cm³/mol. The summed E-state index contributed by atoms with van der Waals surface area (Å²) in [7, 11) is 0. The number of rotatable bonds is 12. The Morgan fingerprint density at radius 2 is 1.88 bits per heavy atom. The zero-order valence-corrected chi connectivity index (χ0v) is 27.4. The molecule has 1 atom stereocenters. The Morgan fingerprint density at radius 3 is 2.63 bits per heavy atom. The van der Waals surface area contributed by atoms with Gasteiger partial charge in [-0.1, -0.05) is 73.1 Å². The highest BCUT2D eigenvalue weighted by Crippen LogP contribution is 2.43. The molecule has 1 aliphatic rings. The molecule has 1 unspecified atom stereocenters. The summed E-state index contributed by atoms with van der Waals surface area (Å²) >= 11 is 11.6. The van der Waals surface area contributed by atoms with E-state index >= 15 is 0 Å². The fourth-order valence-corrected chi connectivity index (χ4v) is 6.43. The second-order valence-corrected chi connectivity index (χ2v) is 12.1. The minimum absolute atomic E-state index is 0.245. The molecule has 8 nitrogen and oxygen atoms in total. The van der Waals surface area contributed by atoms with Gasteiger partial charge in [-0.25, -0.2) is 4.68 Å². The van der Waals surface area contributed by atoms with Gasteiger partial charge in [0.1, 0.15) is 6.04 Å². The van der Waals surface area contributed by atoms with Gasteiger partial charge in [-0.3, -0.25) is 4.79 Å². The van der Waals surface area contributed by atoms with Crippen LogP contribution in [0.4, 0.5) is 11.6 Å². The van der Waals surface area contributed by atoms with Crippen molar-refractivity contribution in [2.75, 3.05) is 23.8 Å². The zero-order chi connectivity index (χ0) is 30.3. The maximum atomic E-state index is 13.9. The van der Waals surface area contributed by atoms with Crippen LogP contribution in [0.5, 0.6) is 11.5 Å². The van der Waals surface area contributed by atoms with Crippen molar-refractivity contribution < 1.29 is 14.3 Å². The number of thioether (sulfide) groups is 1. The van der Waals surface area contributed by atoms with Crippen molar-refractivity contribution >= 4 is 56.8 Å². The number of allylic oxidation sites excluding steroid dienone is 1. The van der Waals surface area contributed by atoms with Crippen LogP contribution >= 0.6 is 39.3 Å². The highest BCUT2D eigenvalue weighted by molar-refractivity contribution is 9.10. The van der Waals surface area contributed by atoms with Crippen LogP contribution in [0, 0.1) is 0 Å². The average molecular weight is 683 g/mol. The van der Waals surface area contributed by atoms with E-state index in [4.69, 9.17) is 31.2 Å². The van der Waals surface area contributed by atoms with E-state index in [1.165, 1.54) is 11.8 Å². The van der Waals surface area contributed by atoms with E-state index in [2.05, 4.69) is 33.5 Å². The van der Waals surface area contributed by atoms with Gasteiger partial charge in [0.15, 0.2) is 11.5 Å². The van der Waals surface area contributed by atoms with Crippen LogP contribution < -0.4 is 20.1 Å². The van der Waals surface area contributed by atoms with Crippen LogP contribution in [0.15, 0.2) is 87.6 Å². The molecular weight excluding hydrogens is 650 g/mol. The quantitative estimate of drug-likeness (QED) is 0.114. The molecule has 1 amide bonds. The molecule has 3 aromatic carbocycles. The van der Waals surface area contributed by atoms with Crippen LogP contribution in [0.3, 0.4) is 0 Å². The summed E-state index contributed by atoms with van der Waals surface area (Å²) in [5.41, 5.74) is 3.68. The minimum Gasteiger partial charge on any atom is -0.490 e. The molecule has 1 aromatic heterocycles. The fraction of sp³-hybridized carbons (Fsp3) is 0.281. The average Bonchev–Trinajstić information content (AvgIpc) is 3.40. The lowest BCUT2D eigenvalue weighted by Gasteiger charge is -2.29. The van der Waals surface area contributed by atoms with E-state index in [-0.39, 0.29) is 5.91 Å². The SMILES string of the molecule is CCCCOc1c(Br)cc(C2C(C(=O)Nc3ccccc3)=C(C)Nc3nc(SCc4ccccc4Cl)nn32)cc1OCC. The number of benzene rings is 3. The number of anilines is 2. The number of unbranched alkanes of at least 4 members (excludes halogenated alkanes) is 1. The summed E-state index contributed by atoms with van der Waals surface area (Å²) in [5.74, 6) is 2.13. The number of para-hydroxylation sites is 1. The first-order valence-corrected chi connectivity index (χ1v) is 16.3. The van der Waals surface area contributed by atoms with Crippen molar-refractivity contribution in [3.63, 3.8) is 0 Å². The van der Waals surface area contributed by atoms with Gasteiger partial charge in [0, 0.05) is 22.2 Å². The van der Waals surface area contributed by atoms with Crippen molar-refractivity contribution in [2.45, 2.75) is 50.6 Å². The first kappa shape index (κ1) is 31.0. The first-order chi connectivity index (χ1) is 20.9. The van der Waals surface area contributed by atoms with Gasteiger partial charge < -0.3 is 20.1 Å². The molecule has 0 radical (unpaired) electrons. The number of nitrogens with zero attached hydrogens (tertiary/aromatic N) is 3. The molecule has 43 heavy (non-hydrogen) atoms. The van der Waals surface area contributed by atoms with Crippen LogP contribution in [0.25, 0.3) is 0 Å². The molecule has 0 saturated heterocycles. The lowest BCUT2D eigenvalue weighted by Crippen LogP contribution is -2.31. The normalized spacial score (nSPS) is 14.2. The first-order valence-electron chi connectivity index (χ1n) is 14.2. The molecule has 4 aromatic rings. The van der Waals surface area contributed by atoms with E-state index in [0.29, 0.717) is 63.6 Å². The third kappa shape index (κ3) is 7.20. The van der Waals surface area contributed by atoms with Crippen LogP contribution in [0.1, 0.15) is 50.8 Å². The standard InChI is InChI=1S/C32H33BrClN5O3S/c1-4-6-16-42-29-24(33)17-22(18-26(29)41-5-2)28-27(30(40)36-23-13-8-7-9-14-23)20(3)35-31-37-32(38-39(28)31)43-19-21-12-10-11-15-25(21)34/h7-15,17-18,28H,4-6,16,19H2,1-3H3,(H,36,40)(H,35,37,38). The van der Waals surface area contributed by atoms with E-state index in [1.54, 1.807) is 4.68 Å². The number of amides is 1. The third-order valence-electron chi connectivity index (χ3n) is 6.82. The molecule has 5 rings (SSSR count). The van der Waals surface area contributed by atoms with Gasteiger partial charge >= 0.3 is 0 Å². The summed E-state index contributed by atoms with van der Waals surface area (Å²) in [4.78, 5) is 18.7. The van der Waals surface area contributed by atoms with Crippen LogP contribution in [-0.2, 0) is 10.5 Å². The zero-order valence-electron chi connectivity index (χ0n) is 24.2. The Morgan fingerprint density at radius 1 is 1.12 bits per heavy atom. The highest BCUT2D eigenvalue weighted by atomic mass is 79.9. The summed E-state index contributed by atoms with van der Waals surface area (Å²) in [6, 6.07) is 20.4. The van der Waals surface area contributed by atoms with Crippen molar-refractivity contribution in [1.29, 1.82) is 0 Å². The number of aromatic nitrogens is 3. The fourth-order valence-electron chi connectivity index (χ4n) is 4.74. The van der Waals surface area contributed by atoms with Gasteiger partial charge in [-0.2, -0.15) is 4.98 Å². The number of halogens is 2. The van der Waals surface area contributed by atoms with Crippen LogP contribution in [0.2, 0.25) is 5.02 Å². The van der Waals surface area contributed by atoms with Gasteiger partial charge in [0.25, 0.3) is 5.91 Å². The van der Waals surface area contributed by atoms with Crippen molar-refractivity contribution in [1.82, 2.24) is 14.8 Å². The summed E-state index contributed by atoms with van der Waals surface area (Å²) in [6.07, 6.45) is 1.95. The number of ether oxygens (including phenoxy) is 2. The third-order valence-corrected chi connectivity index (χ3v) is 8.66. The Kier molecular flexibility index (Phi) is 10.3. The number of carbonyl (C=O) groups is 1. The Labute approximate surface area is 269 Å². The van der Waals surface area contributed by atoms with Crippen LogP contribution in [-0.4, -0.2) is 33.9 Å². The molecule has 0 aliphatic carbocycles. The monoisotopic (exact) mass is 681 g/mol. The molecule has 0 bridgehead atoms. The molecule has 224 valence electrons. The highest BCUT2D eigenvalue weighted by Gasteiger charge is 2.35. The van der Waals surface area contributed by atoms with Crippen molar-refractivity contribution in [3.8, 4) is 11.5 Å². The van der Waals surface area contributed by atoms with E-state index in [9.17, 15) is 4.79 Å². The molecule has 0 fully saturated rings. The Bertz CT molecular complexity index is 1630. The second-order valence-electron chi connectivity index (χ2n) is 9.89. The molecular formula is C32H33BrClN5O3S. The predicted octanol–water partition coefficient (Wildman–Crippen LogP) is 8.49. The molecule has 0 spiro atoms. The molecule has 11 heteroatoms. The number of hydrogen-bond acceptors (Lipinski definition) is 7. The maximum absolute atomic E-state index is 13.9.